The molecule has 0 amide bonds. The Morgan fingerprint density at radius 3 is 2.28 bits per heavy atom. The van der Waals surface area contributed by atoms with Gasteiger partial charge in [0.05, 0.1) is 0 Å². The van der Waals surface area contributed by atoms with Crippen LogP contribution in [0.25, 0.3) is 0 Å². The molecule has 0 aliphatic rings. The first-order valence-corrected chi connectivity index (χ1v) is 6.87. The van der Waals surface area contributed by atoms with E-state index in [2.05, 4.69) is 70.4 Å². The molecule has 0 radical (unpaired) electrons. The molecule has 3 heteroatoms. The summed E-state index contributed by atoms with van der Waals surface area (Å²) >= 11 is 3.45. The molecule has 94 valence electrons. The first-order chi connectivity index (χ1) is 8.66. The van der Waals surface area contributed by atoms with E-state index in [0.29, 0.717) is 6.04 Å². The molecule has 0 aliphatic heterocycles. The van der Waals surface area contributed by atoms with Crippen molar-refractivity contribution in [2.75, 3.05) is 0 Å². The summed E-state index contributed by atoms with van der Waals surface area (Å²) in [5.41, 5.74) is 2.50. The highest BCUT2D eigenvalue weighted by atomic mass is 79.9. The summed E-state index contributed by atoms with van der Waals surface area (Å²) in [4.78, 5) is 4.15. The topological polar surface area (TPSA) is 24.9 Å². The second-order valence-electron chi connectivity index (χ2n) is 4.45. The summed E-state index contributed by atoms with van der Waals surface area (Å²) in [6.45, 7) is 4.34. The summed E-state index contributed by atoms with van der Waals surface area (Å²) in [6, 6.07) is 13.1. The molecule has 0 saturated heterocycles. The van der Waals surface area contributed by atoms with Crippen LogP contribution in [0, 0.1) is 0 Å². The van der Waals surface area contributed by atoms with Crippen LogP contribution in [0.15, 0.2) is 53.3 Å². The number of pyridine rings is 1. The predicted molar refractivity (Wildman–Crippen MR) is 78.3 cm³/mol. The lowest BCUT2D eigenvalue weighted by molar-refractivity contribution is 0.493. The summed E-state index contributed by atoms with van der Waals surface area (Å²) in [7, 11) is 0. The minimum absolute atomic E-state index is 0.289. The lowest BCUT2D eigenvalue weighted by Crippen LogP contribution is -2.22. The largest absolute Gasteiger partial charge is 0.304 e. The van der Waals surface area contributed by atoms with Gasteiger partial charge in [0.1, 0.15) is 0 Å². The maximum atomic E-state index is 4.15. The Kier molecular flexibility index (Phi) is 4.50. The van der Waals surface area contributed by atoms with Gasteiger partial charge in [-0.2, -0.15) is 0 Å². The zero-order valence-electron chi connectivity index (χ0n) is 10.6. The monoisotopic (exact) mass is 304 g/mol. The van der Waals surface area contributed by atoms with Crippen molar-refractivity contribution in [3.8, 4) is 0 Å². The van der Waals surface area contributed by atoms with Crippen molar-refractivity contribution in [2.45, 2.75) is 25.9 Å². The highest BCUT2D eigenvalue weighted by molar-refractivity contribution is 9.10. The molecule has 1 aromatic carbocycles. The maximum absolute atomic E-state index is 4.15. The van der Waals surface area contributed by atoms with E-state index in [4.69, 9.17) is 0 Å². The first kappa shape index (κ1) is 13.2. The van der Waals surface area contributed by atoms with Gasteiger partial charge in [-0.05, 0) is 43.2 Å². The number of nitrogens with zero attached hydrogens (tertiary/aromatic N) is 1. The van der Waals surface area contributed by atoms with E-state index >= 15 is 0 Å². The minimum atomic E-state index is 0.289. The average Bonchev–Trinajstić information content (AvgIpc) is 2.40. The van der Waals surface area contributed by atoms with Gasteiger partial charge >= 0.3 is 0 Å². The molecule has 2 rings (SSSR count). The van der Waals surface area contributed by atoms with E-state index in [-0.39, 0.29) is 6.04 Å². The highest BCUT2D eigenvalue weighted by Gasteiger charge is 2.10. The molecule has 18 heavy (non-hydrogen) atoms. The zero-order chi connectivity index (χ0) is 13.0. The van der Waals surface area contributed by atoms with Gasteiger partial charge in [0.15, 0.2) is 0 Å². The SMILES string of the molecule is CC(N[C@@H](C)c1ccc(Br)cc1)c1cccnc1. The Morgan fingerprint density at radius 1 is 1.00 bits per heavy atom. The van der Waals surface area contributed by atoms with E-state index < -0.39 is 0 Å². The van der Waals surface area contributed by atoms with Gasteiger partial charge in [0, 0.05) is 29.0 Å². The average molecular weight is 305 g/mol. The molecule has 2 atom stereocenters. The van der Waals surface area contributed by atoms with Crippen molar-refractivity contribution in [1.82, 2.24) is 10.3 Å². The third-order valence-electron chi connectivity index (χ3n) is 3.05. The quantitative estimate of drug-likeness (QED) is 0.913. The van der Waals surface area contributed by atoms with Crippen molar-refractivity contribution in [3.63, 3.8) is 0 Å². The molecule has 2 nitrogen and oxygen atoms in total. The van der Waals surface area contributed by atoms with E-state index in [1.54, 1.807) is 6.20 Å². The molecule has 1 N–H and O–H groups in total. The van der Waals surface area contributed by atoms with E-state index in [1.165, 1.54) is 11.1 Å². The van der Waals surface area contributed by atoms with Crippen molar-refractivity contribution < 1.29 is 0 Å². The van der Waals surface area contributed by atoms with Gasteiger partial charge in [-0.3, -0.25) is 4.98 Å². The second kappa shape index (κ2) is 6.12. The van der Waals surface area contributed by atoms with Crippen molar-refractivity contribution in [3.05, 3.63) is 64.4 Å². The molecule has 0 bridgehead atoms. The Morgan fingerprint density at radius 2 is 1.67 bits per heavy atom. The summed E-state index contributed by atoms with van der Waals surface area (Å²) in [5, 5.41) is 3.58. The van der Waals surface area contributed by atoms with Crippen LogP contribution < -0.4 is 5.32 Å². The Bertz CT molecular complexity index is 482. The first-order valence-electron chi connectivity index (χ1n) is 6.08. The van der Waals surface area contributed by atoms with Gasteiger partial charge < -0.3 is 5.32 Å². The van der Waals surface area contributed by atoms with Gasteiger partial charge in [0.25, 0.3) is 0 Å². The maximum Gasteiger partial charge on any atom is 0.0315 e. The third-order valence-corrected chi connectivity index (χ3v) is 3.58. The van der Waals surface area contributed by atoms with Crippen molar-refractivity contribution in [1.29, 1.82) is 0 Å². The van der Waals surface area contributed by atoms with Crippen LogP contribution in [0.5, 0.6) is 0 Å². The third kappa shape index (κ3) is 3.40. The number of hydrogen-bond donors (Lipinski definition) is 1. The van der Waals surface area contributed by atoms with Crippen LogP contribution in [0.2, 0.25) is 0 Å². The molecule has 1 unspecified atom stereocenters. The molecule has 1 aromatic heterocycles. The summed E-state index contributed by atoms with van der Waals surface area (Å²) < 4.78 is 1.11. The lowest BCUT2D eigenvalue weighted by atomic mass is 10.1. The predicted octanol–water partition coefficient (Wildman–Crippen LogP) is 4.26. The van der Waals surface area contributed by atoms with E-state index in [0.717, 1.165) is 4.47 Å². The van der Waals surface area contributed by atoms with Crippen LogP contribution in [-0.2, 0) is 0 Å². The van der Waals surface area contributed by atoms with Gasteiger partial charge in [-0.15, -0.1) is 0 Å². The van der Waals surface area contributed by atoms with Crippen LogP contribution in [0.1, 0.15) is 37.1 Å². The van der Waals surface area contributed by atoms with Gasteiger partial charge in [-0.1, -0.05) is 34.1 Å². The molecule has 0 saturated carbocycles. The van der Waals surface area contributed by atoms with Crippen LogP contribution in [0.4, 0.5) is 0 Å². The molecular weight excluding hydrogens is 288 g/mol. The summed E-state index contributed by atoms with van der Waals surface area (Å²) in [5.74, 6) is 0. The van der Waals surface area contributed by atoms with E-state index in [1.807, 2.05) is 12.3 Å². The molecule has 1 heterocycles. The fraction of sp³-hybridized carbons (Fsp3) is 0.267. The lowest BCUT2D eigenvalue weighted by Gasteiger charge is -2.20. The fourth-order valence-electron chi connectivity index (χ4n) is 1.95. The van der Waals surface area contributed by atoms with Gasteiger partial charge in [0.2, 0.25) is 0 Å². The van der Waals surface area contributed by atoms with Crippen LogP contribution in [0.3, 0.4) is 0 Å². The second-order valence-corrected chi connectivity index (χ2v) is 5.36. The van der Waals surface area contributed by atoms with Gasteiger partial charge in [-0.25, -0.2) is 0 Å². The van der Waals surface area contributed by atoms with Crippen LogP contribution in [-0.4, -0.2) is 4.98 Å². The number of aromatic nitrogens is 1. The van der Waals surface area contributed by atoms with Crippen LogP contribution >= 0.6 is 15.9 Å². The number of halogens is 1. The molecule has 2 aromatic rings. The molecule has 0 spiro atoms. The minimum Gasteiger partial charge on any atom is -0.304 e. The van der Waals surface area contributed by atoms with Crippen molar-refractivity contribution in [2.24, 2.45) is 0 Å². The molecule has 0 fully saturated rings. The highest BCUT2D eigenvalue weighted by Crippen LogP contribution is 2.20. The number of benzene rings is 1. The number of nitrogens with one attached hydrogen (secondary N) is 1. The zero-order valence-corrected chi connectivity index (χ0v) is 12.2. The van der Waals surface area contributed by atoms with Crippen molar-refractivity contribution >= 4 is 15.9 Å². The fourth-order valence-corrected chi connectivity index (χ4v) is 2.22. The molecule has 0 aliphatic carbocycles. The number of rotatable bonds is 4. The standard InChI is InChI=1S/C15H17BrN2/c1-11(13-5-7-15(16)8-6-13)18-12(2)14-4-3-9-17-10-14/h3-12,18H,1-2H3/t11-,12?/m0/s1. The normalized spacial score (nSPS) is 14.2. The molecular formula is C15H17BrN2. The van der Waals surface area contributed by atoms with E-state index in [9.17, 15) is 0 Å². The number of hydrogen-bond acceptors (Lipinski definition) is 2. The Labute approximate surface area is 117 Å². The Hall–Kier alpha value is -1.19. The smallest absolute Gasteiger partial charge is 0.0315 e. The summed E-state index contributed by atoms with van der Waals surface area (Å²) in [6.07, 6.45) is 3.71. The Balaban J connectivity index is 2.03.